The molecule has 0 aromatic carbocycles. The topological polar surface area (TPSA) is 9.23 Å². The second-order valence-electron chi connectivity index (χ2n) is 3.66. The third-order valence-corrected chi connectivity index (χ3v) is 4.05. The van der Waals surface area contributed by atoms with Crippen LogP contribution in [-0.4, -0.2) is 6.61 Å². The average molecular weight is 201 g/mol. The van der Waals surface area contributed by atoms with Gasteiger partial charge in [-0.05, 0) is 24.5 Å². The molecule has 1 spiro atoms. The highest BCUT2D eigenvalue weighted by molar-refractivity contribution is 7.16. The molecule has 0 N–H and O–H groups in total. The predicted molar refractivity (Wildman–Crippen MR) is 49.9 cm³/mol. The fraction of sp³-hybridized carbons (Fsp3) is 0.556. The van der Waals surface area contributed by atoms with Crippen LogP contribution < -0.4 is 0 Å². The Balaban J connectivity index is 2.15. The van der Waals surface area contributed by atoms with Crippen LogP contribution >= 0.6 is 22.9 Å². The van der Waals surface area contributed by atoms with Crippen molar-refractivity contribution in [2.45, 2.75) is 24.9 Å². The molecule has 0 unspecified atom stereocenters. The van der Waals surface area contributed by atoms with Crippen LogP contribution in [0.15, 0.2) is 6.07 Å². The number of hydrogen-bond donors (Lipinski definition) is 0. The summed E-state index contributed by atoms with van der Waals surface area (Å²) in [7, 11) is 0. The fourth-order valence-corrected chi connectivity index (χ4v) is 3.26. The highest BCUT2D eigenvalue weighted by Crippen LogP contribution is 2.54. The molecule has 3 rings (SSSR count). The van der Waals surface area contributed by atoms with Crippen LogP contribution in [-0.2, 0) is 16.8 Å². The Morgan fingerprint density at radius 2 is 2.33 bits per heavy atom. The first kappa shape index (κ1) is 7.36. The molecule has 3 heteroatoms. The molecule has 0 amide bonds. The summed E-state index contributed by atoms with van der Waals surface area (Å²) in [4.78, 5) is 1.35. The zero-order valence-electron chi connectivity index (χ0n) is 6.60. The van der Waals surface area contributed by atoms with Gasteiger partial charge in [0.1, 0.15) is 0 Å². The van der Waals surface area contributed by atoms with Gasteiger partial charge in [0, 0.05) is 10.3 Å². The third-order valence-electron chi connectivity index (χ3n) is 2.82. The number of rotatable bonds is 0. The van der Waals surface area contributed by atoms with Gasteiger partial charge in [-0.1, -0.05) is 11.6 Å². The van der Waals surface area contributed by atoms with Crippen LogP contribution in [0.2, 0.25) is 4.34 Å². The lowest BCUT2D eigenvalue weighted by atomic mass is 9.96. The lowest BCUT2D eigenvalue weighted by Gasteiger charge is -2.21. The first-order valence-electron chi connectivity index (χ1n) is 4.17. The summed E-state index contributed by atoms with van der Waals surface area (Å²) in [6.45, 7) is 1.68. The normalized spacial score (nSPS) is 24.1. The van der Waals surface area contributed by atoms with Crippen molar-refractivity contribution in [1.82, 2.24) is 0 Å². The molecular weight excluding hydrogens is 192 g/mol. The van der Waals surface area contributed by atoms with Crippen molar-refractivity contribution in [3.63, 3.8) is 0 Å². The molecule has 1 saturated carbocycles. The van der Waals surface area contributed by atoms with Crippen LogP contribution in [0.4, 0.5) is 0 Å². The molecule has 64 valence electrons. The monoisotopic (exact) mass is 200 g/mol. The summed E-state index contributed by atoms with van der Waals surface area (Å²) in [5.74, 6) is 0. The van der Waals surface area contributed by atoms with Gasteiger partial charge in [-0.15, -0.1) is 11.3 Å². The number of halogens is 1. The molecule has 1 aromatic heterocycles. The van der Waals surface area contributed by atoms with Gasteiger partial charge in [0.05, 0.1) is 17.6 Å². The average Bonchev–Trinajstić information content (AvgIpc) is 2.68. The maximum absolute atomic E-state index is 5.97. The van der Waals surface area contributed by atoms with E-state index in [1.807, 2.05) is 0 Å². The minimum absolute atomic E-state index is 0.386. The molecule has 12 heavy (non-hydrogen) atoms. The molecule has 0 bridgehead atoms. The van der Waals surface area contributed by atoms with Crippen LogP contribution in [0.1, 0.15) is 23.3 Å². The maximum Gasteiger partial charge on any atom is 0.0935 e. The first-order chi connectivity index (χ1) is 5.80. The zero-order chi connectivity index (χ0) is 8.18. The first-order valence-corrected chi connectivity index (χ1v) is 5.36. The molecule has 0 atom stereocenters. The molecule has 1 nitrogen and oxygen atoms in total. The van der Waals surface area contributed by atoms with E-state index in [4.69, 9.17) is 16.3 Å². The van der Waals surface area contributed by atoms with Gasteiger partial charge >= 0.3 is 0 Å². The van der Waals surface area contributed by atoms with Crippen molar-refractivity contribution < 1.29 is 4.74 Å². The Kier molecular flexibility index (Phi) is 1.38. The molecule has 1 fully saturated rings. The van der Waals surface area contributed by atoms with E-state index in [-0.39, 0.29) is 0 Å². The Morgan fingerprint density at radius 3 is 3.08 bits per heavy atom. The molecule has 1 aromatic rings. The van der Waals surface area contributed by atoms with Crippen LogP contribution in [0.3, 0.4) is 0 Å². The highest BCUT2D eigenvalue weighted by Gasteiger charge is 2.48. The summed E-state index contributed by atoms with van der Waals surface area (Å²) in [6, 6.07) is 2.14. The van der Waals surface area contributed by atoms with E-state index in [0.29, 0.717) is 5.41 Å². The number of ether oxygens (including phenoxy) is 1. The van der Waals surface area contributed by atoms with Crippen LogP contribution in [0.5, 0.6) is 0 Å². The summed E-state index contributed by atoms with van der Waals surface area (Å²) in [6.07, 6.45) is 2.57. The quantitative estimate of drug-likeness (QED) is 0.626. The van der Waals surface area contributed by atoms with Gasteiger partial charge in [-0.3, -0.25) is 0 Å². The largest absolute Gasteiger partial charge is 0.375 e. The van der Waals surface area contributed by atoms with E-state index < -0.39 is 0 Å². The van der Waals surface area contributed by atoms with Crippen molar-refractivity contribution >= 4 is 22.9 Å². The van der Waals surface area contributed by atoms with Gasteiger partial charge in [0.25, 0.3) is 0 Å². The SMILES string of the molecule is Clc1cc2c(s1)COCC21CC1. The second kappa shape index (κ2) is 2.25. The molecule has 1 aliphatic heterocycles. The van der Waals surface area contributed by atoms with E-state index >= 15 is 0 Å². The fourth-order valence-electron chi connectivity index (χ4n) is 1.93. The Bertz CT molecular complexity index is 327. The Morgan fingerprint density at radius 1 is 1.50 bits per heavy atom. The molecule has 1 aliphatic carbocycles. The summed E-state index contributed by atoms with van der Waals surface area (Å²) in [5.41, 5.74) is 1.86. The summed E-state index contributed by atoms with van der Waals surface area (Å²) in [5, 5.41) is 0. The van der Waals surface area contributed by atoms with Crippen LogP contribution in [0, 0.1) is 0 Å². The van der Waals surface area contributed by atoms with Crippen molar-refractivity contribution in [3.8, 4) is 0 Å². The maximum atomic E-state index is 5.97. The van der Waals surface area contributed by atoms with Gasteiger partial charge in [0.2, 0.25) is 0 Å². The van der Waals surface area contributed by atoms with Gasteiger partial charge in [-0.25, -0.2) is 0 Å². The molecule has 2 heterocycles. The third kappa shape index (κ3) is 0.889. The Labute approximate surface area is 80.3 Å². The molecule has 0 radical (unpaired) electrons. The zero-order valence-corrected chi connectivity index (χ0v) is 8.17. The van der Waals surface area contributed by atoms with Crippen LogP contribution in [0.25, 0.3) is 0 Å². The van der Waals surface area contributed by atoms with E-state index in [0.717, 1.165) is 17.6 Å². The van der Waals surface area contributed by atoms with Gasteiger partial charge < -0.3 is 4.74 Å². The lowest BCUT2D eigenvalue weighted by Crippen LogP contribution is -2.20. The molecule has 2 aliphatic rings. The van der Waals surface area contributed by atoms with E-state index in [2.05, 4.69) is 6.07 Å². The smallest absolute Gasteiger partial charge is 0.0935 e. The van der Waals surface area contributed by atoms with Gasteiger partial charge in [-0.2, -0.15) is 0 Å². The Hall–Kier alpha value is -0.0500. The van der Waals surface area contributed by atoms with Crippen molar-refractivity contribution in [2.24, 2.45) is 0 Å². The summed E-state index contributed by atoms with van der Waals surface area (Å²) >= 11 is 7.64. The molecular formula is C9H9ClOS. The number of hydrogen-bond acceptors (Lipinski definition) is 2. The predicted octanol–water partition coefficient (Wildman–Crippen LogP) is 2.96. The summed E-state index contributed by atoms with van der Waals surface area (Å²) < 4.78 is 6.45. The minimum Gasteiger partial charge on any atom is -0.375 e. The van der Waals surface area contributed by atoms with Crippen molar-refractivity contribution in [2.75, 3.05) is 6.61 Å². The standard InChI is InChI=1S/C9H9ClOS/c10-8-3-6-7(12-8)4-11-5-9(6)1-2-9/h3H,1-2,4-5H2. The molecule has 0 saturated heterocycles. The lowest BCUT2D eigenvalue weighted by molar-refractivity contribution is 0.0867. The number of thiophene rings is 1. The van der Waals surface area contributed by atoms with E-state index in [1.165, 1.54) is 23.3 Å². The van der Waals surface area contributed by atoms with Crippen molar-refractivity contribution in [1.29, 1.82) is 0 Å². The van der Waals surface area contributed by atoms with Crippen molar-refractivity contribution in [3.05, 3.63) is 20.8 Å². The highest BCUT2D eigenvalue weighted by atomic mass is 35.5. The van der Waals surface area contributed by atoms with E-state index in [1.54, 1.807) is 11.3 Å². The minimum atomic E-state index is 0.386. The van der Waals surface area contributed by atoms with E-state index in [9.17, 15) is 0 Å². The van der Waals surface area contributed by atoms with Gasteiger partial charge in [0.15, 0.2) is 0 Å². The second-order valence-corrected chi connectivity index (χ2v) is 5.43. The number of fused-ring (bicyclic) bond motifs is 2.